The Morgan fingerprint density at radius 2 is 0.941 bits per heavy atom. The molecule has 3 aromatic carbocycles. The molecule has 0 saturated carbocycles. The second-order valence-corrected chi connectivity index (χ2v) is 6.86. The summed E-state index contributed by atoms with van der Waals surface area (Å²) < 4.78 is 0. The first-order valence-corrected chi connectivity index (χ1v) is 9.39. The van der Waals surface area contributed by atoms with Crippen LogP contribution in [0.4, 0.5) is 0 Å². The van der Waals surface area contributed by atoms with Gasteiger partial charge in [-0.25, -0.2) is 4.90 Å². The first-order chi connectivity index (χ1) is 14.5. The summed E-state index contributed by atoms with van der Waals surface area (Å²) >= 11 is 0. The van der Waals surface area contributed by atoms with Gasteiger partial charge in [0.1, 0.15) is 5.70 Å². The van der Waals surface area contributed by atoms with Crippen LogP contribution in [0.1, 0.15) is 48.4 Å². The molecule has 0 aliphatic heterocycles. The van der Waals surface area contributed by atoms with Gasteiger partial charge in [-0.3, -0.25) is 19.2 Å². The fraction of sp³-hybridized carbons (Fsp3) is 0.0370. The number of carbonyl (C=O) groups is 4. The predicted molar refractivity (Wildman–Crippen MR) is 124 cm³/mol. The summed E-state index contributed by atoms with van der Waals surface area (Å²) in [7, 11) is 0. The quantitative estimate of drug-likeness (QED) is 0.304. The van der Waals surface area contributed by atoms with Gasteiger partial charge >= 0.3 is 0 Å². The molecule has 0 atom stereocenters. The van der Waals surface area contributed by atoms with Crippen molar-refractivity contribution in [3.8, 4) is 0 Å². The van der Waals surface area contributed by atoms with Gasteiger partial charge in [-0.1, -0.05) is 60.7 Å². The number of ketones is 2. The van der Waals surface area contributed by atoms with Crippen LogP contribution in [0.25, 0.3) is 0 Å². The van der Waals surface area contributed by atoms with Gasteiger partial charge < -0.3 is 14.9 Å². The van der Waals surface area contributed by atoms with Crippen molar-refractivity contribution in [3.63, 3.8) is 0 Å². The van der Waals surface area contributed by atoms with E-state index in [0.29, 0.717) is 0 Å². The average molecular weight is 603 g/mol. The van der Waals surface area contributed by atoms with Crippen LogP contribution in [0.3, 0.4) is 0 Å². The van der Waals surface area contributed by atoms with E-state index in [-0.39, 0.29) is 120 Å². The van der Waals surface area contributed by atoms with Crippen LogP contribution in [0.5, 0.6) is 0 Å². The number of hydrogen-bond donors (Lipinski definition) is 0. The second-order valence-electron chi connectivity index (χ2n) is 6.86. The molecule has 5 nitrogen and oxygen atoms in total. The number of imide groups is 1. The molecule has 0 heterocycles. The molecule has 0 unspecified atom stereocenters. The number of nitrogens with zero attached hydrogens (tertiary/aromatic N) is 1. The van der Waals surface area contributed by atoms with E-state index in [1.165, 1.54) is 13.0 Å². The molecule has 2 radical (unpaired) electrons. The number of Topliss-reactive ketones (excluding diaryl/α,β-unsaturated/α-hetero) is 2. The van der Waals surface area contributed by atoms with Gasteiger partial charge in [0.25, 0.3) is 11.8 Å². The number of carbonyl (C=O) groups excluding carboxylic acids is 4. The van der Waals surface area contributed by atoms with Gasteiger partial charge in [0.05, 0.1) is 0 Å². The molecule has 0 aromatic heterocycles. The molecule has 0 bridgehead atoms. The van der Waals surface area contributed by atoms with Gasteiger partial charge in [-0.15, -0.1) is 0 Å². The molecular weight excluding hydrogens is 580 g/mol. The maximum atomic E-state index is 13.4. The summed E-state index contributed by atoms with van der Waals surface area (Å²) in [5.41, 5.74) is 0.772. The molecule has 2 amide bonds. The first-order valence-electron chi connectivity index (χ1n) is 9.39. The minimum Gasteiger partial charge on any atom is -0.358 e. The normalized spacial score (nSPS) is 11.6. The van der Waals surface area contributed by atoms with Crippen molar-refractivity contribution in [2.24, 2.45) is 0 Å². The summed E-state index contributed by atoms with van der Waals surface area (Å²) in [6.07, 6.45) is 0. The number of allylic oxidation sites excluding steroid dienone is 2. The maximum absolute atomic E-state index is 13.4. The third-order valence-corrected chi connectivity index (χ3v) is 5.00. The number of fused-ring (bicyclic) bond motifs is 1. The molecule has 4 rings (SSSR count). The van der Waals surface area contributed by atoms with Crippen LogP contribution in [0, 0.1) is 14.9 Å². The summed E-state index contributed by atoms with van der Waals surface area (Å²) in [6.45, 7) is 1.47. The fourth-order valence-electron chi connectivity index (χ4n) is 3.47. The molecule has 0 spiro atoms. The molecule has 34 heavy (non-hydrogen) atoms. The Morgan fingerprint density at radius 1 is 0.588 bits per heavy atom. The zero-order valence-electron chi connectivity index (χ0n) is 19.3. The SMILES string of the molecule is CC1=C(N(C(=O)c2ccccc2)C(=O)c2ccccc2)C(=O)c2ccccc2C1=O.[CH3-].[CH3-].[Y].[Y]. The van der Waals surface area contributed by atoms with E-state index >= 15 is 0 Å². The number of benzene rings is 3. The van der Waals surface area contributed by atoms with Gasteiger partial charge in [0.15, 0.2) is 5.78 Å². The Kier molecular flexibility index (Phi) is 13.1. The predicted octanol–water partition coefficient (Wildman–Crippen LogP) is 5.22. The van der Waals surface area contributed by atoms with E-state index in [4.69, 9.17) is 0 Å². The average Bonchev–Trinajstić information content (AvgIpc) is 2.80. The zero-order valence-corrected chi connectivity index (χ0v) is 25.0. The standard InChI is InChI=1S/C25H17NO4.2CH3.2Y/c1-16-21(23(28)20-15-9-8-14-19(20)22(16)27)26(24(29)17-10-4-2-5-11-17)25(30)18-12-6-3-7-13-18;;;;/h2-15H,1H3;2*1H3;;/q;2*-1;;. The minimum absolute atomic E-state index is 0. The Labute approximate surface area is 250 Å². The van der Waals surface area contributed by atoms with E-state index in [2.05, 4.69) is 0 Å². The van der Waals surface area contributed by atoms with Gasteiger partial charge in [-0.05, 0) is 31.2 Å². The summed E-state index contributed by atoms with van der Waals surface area (Å²) in [6, 6.07) is 22.8. The van der Waals surface area contributed by atoms with E-state index in [1.54, 1.807) is 78.9 Å². The number of rotatable bonds is 3. The molecule has 1 aliphatic rings. The van der Waals surface area contributed by atoms with Crippen molar-refractivity contribution in [1.82, 2.24) is 4.90 Å². The largest absolute Gasteiger partial charge is 0.358 e. The molecule has 1 aliphatic carbocycles. The van der Waals surface area contributed by atoms with Crippen molar-refractivity contribution >= 4 is 23.4 Å². The van der Waals surface area contributed by atoms with Crippen LogP contribution in [-0.2, 0) is 65.4 Å². The van der Waals surface area contributed by atoms with Crippen molar-refractivity contribution in [2.75, 3.05) is 0 Å². The number of amides is 2. The van der Waals surface area contributed by atoms with Crippen LogP contribution in [0.2, 0.25) is 0 Å². The third kappa shape index (κ3) is 6.01. The third-order valence-electron chi connectivity index (χ3n) is 5.00. The minimum atomic E-state index is -0.667. The molecule has 7 heteroatoms. The second kappa shape index (κ2) is 13.8. The van der Waals surface area contributed by atoms with E-state index < -0.39 is 17.6 Å². The van der Waals surface area contributed by atoms with Gasteiger partial charge in [-0.2, -0.15) is 0 Å². The molecular formula is C27H23NO4Y2-2. The molecule has 0 fully saturated rings. The van der Waals surface area contributed by atoms with E-state index in [1.807, 2.05) is 0 Å². The molecule has 168 valence electrons. The Morgan fingerprint density at radius 3 is 1.35 bits per heavy atom. The number of hydrogen-bond acceptors (Lipinski definition) is 4. The first kappa shape index (κ1) is 32.1. The van der Waals surface area contributed by atoms with Crippen LogP contribution >= 0.6 is 0 Å². The van der Waals surface area contributed by atoms with Crippen molar-refractivity contribution in [2.45, 2.75) is 6.92 Å². The Bertz CT molecular complexity index is 1170. The van der Waals surface area contributed by atoms with Crippen LogP contribution in [0.15, 0.2) is 96.2 Å². The summed E-state index contributed by atoms with van der Waals surface area (Å²) in [5, 5.41) is 0. The van der Waals surface area contributed by atoms with Crippen molar-refractivity contribution in [1.29, 1.82) is 0 Å². The molecule has 0 N–H and O–H groups in total. The van der Waals surface area contributed by atoms with Crippen molar-refractivity contribution in [3.05, 3.63) is 133 Å². The summed E-state index contributed by atoms with van der Waals surface area (Å²) in [4.78, 5) is 53.8. The van der Waals surface area contributed by atoms with Crippen molar-refractivity contribution < 1.29 is 84.6 Å². The fourth-order valence-corrected chi connectivity index (χ4v) is 3.47. The van der Waals surface area contributed by atoms with E-state index in [0.717, 1.165) is 4.90 Å². The molecule has 3 aromatic rings. The molecule has 0 saturated heterocycles. The smallest absolute Gasteiger partial charge is 0.265 e. The van der Waals surface area contributed by atoms with Crippen LogP contribution < -0.4 is 0 Å². The van der Waals surface area contributed by atoms with E-state index in [9.17, 15) is 19.2 Å². The summed E-state index contributed by atoms with van der Waals surface area (Å²) in [5.74, 6) is -2.25. The maximum Gasteiger partial charge on any atom is 0.265 e. The topological polar surface area (TPSA) is 71.5 Å². The van der Waals surface area contributed by atoms with Gasteiger partial charge in [0, 0.05) is 93.2 Å². The van der Waals surface area contributed by atoms with Crippen LogP contribution in [-0.4, -0.2) is 28.3 Å². The Hall–Kier alpha value is -1.91. The monoisotopic (exact) mass is 603 g/mol. The van der Waals surface area contributed by atoms with Gasteiger partial charge in [0.2, 0.25) is 5.78 Å². The zero-order chi connectivity index (χ0) is 21.3. The Balaban J connectivity index is 0.00000272.